The zero-order chi connectivity index (χ0) is 23.6. The molecule has 7 heteroatoms. The number of ether oxygens (including phenoxy) is 1. The van der Waals surface area contributed by atoms with E-state index < -0.39 is 0 Å². The number of likely N-dealkylation sites (tertiary alicyclic amines) is 1. The molecule has 0 aliphatic carbocycles. The Kier molecular flexibility index (Phi) is 9.10. The summed E-state index contributed by atoms with van der Waals surface area (Å²) in [7, 11) is 0. The predicted octanol–water partition coefficient (Wildman–Crippen LogP) is 4.77. The van der Waals surface area contributed by atoms with Crippen LogP contribution < -0.4 is 10.6 Å². The molecule has 1 aliphatic rings. The van der Waals surface area contributed by atoms with E-state index in [1.807, 2.05) is 31.2 Å². The summed E-state index contributed by atoms with van der Waals surface area (Å²) in [5.41, 5.74) is 2.78. The van der Waals surface area contributed by atoms with Crippen LogP contribution >= 0.6 is 0 Å². The first-order chi connectivity index (χ1) is 16.0. The third-order valence-corrected chi connectivity index (χ3v) is 6.27. The molecule has 2 heterocycles. The summed E-state index contributed by atoms with van der Waals surface area (Å²) in [5, 5.41) is 6.42. The minimum atomic E-state index is -0.271. The summed E-state index contributed by atoms with van der Waals surface area (Å²) in [6.45, 7) is 8.47. The number of nitrogens with one attached hydrogen (secondary N) is 2. The maximum Gasteiger partial charge on any atom is 0.410 e. The van der Waals surface area contributed by atoms with Gasteiger partial charge in [0.15, 0.2) is 0 Å². The van der Waals surface area contributed by atoms with Crippen LogP contribution in [0.15, 0.2) is 42.6 Å². The number of carbonyl (C=O) groups excluding carboxylic acids is 2. The quantitative estimate of drug-likeness (QED) is 0.573. The van der Waals surface area contributed by atoms with E-state index in [0.29, 0.717) is 37.2 Å². The standard InChI is InChI=1S/C26H36N4O3/c1-4-23(5-2)29-24-16-22(10-13-27-24)25(31)28-17-20-11-14-30(15-12-20)26(32)33-18-21-8-6-19(3)7-9-21/h6-10,13,16,20,23H,4-5,11-12,14-15,17-18H2,1-3H3,(H,27,29)(H,28,31). The van der Waals surface area contributed by atoms with Crippen molar-refractivity contribution in [2.75, 3.05) is 25.0 Å². The predicted molar refractivity (Wildman–Crippen MR) is 130 cm³/mol. The lowest BCUT2D eigenvalue weighted by molar-refractivity contribution is 0.0801. The third kappa shape index (κ3) is 7.48. The highest BCUT2D eigenvalue weighted by molar-refractivity contribution is 5.94. The Hall–Kier alpha value is -3.09. The number of carbonyl (C=O) groups is 2. The van der Waals surface area contributed by atoms with Gasteiger partial charge in [0, 0.05) is 37.4 Å². The number of pyridine rings is 1. The second-order valence-corrected chi connectivity index (χ2v) is 8.77. The molecule has 1 fully saturated rings. The lowest BCUT2D eigenvalue weighted by Gasteiger charge is -2.31. The minimum absolute atomic E-state index is 0.0927. The Morgan fingerprint density at radius 1 is 1.12 bits per heavy atom. The minimum Gasteiger partial charge on any atom is -0.445 e. The van der Waals surface area contributed by atoms with Crippen molar-refractivity contribution in [1.82, 2.24) is 15.2 Å². The van der Waals surface area contributed by atoms with E-state index in [-0.39, 0.29) is 18.6 Å². The van der Waals surface area contributed by atoms with Crippen molar-refractivity contribution < 1.29 is 14.3 Å². The molecule has 33 heavy (non-hydrogen) atoms. The summed E-state index contributed by atoms with van der Waals surface area (Å²) in [4.78, 5) is 31.1. The number of amides is 2. The van der Waals surface area contributed by atoms with Gasteiger partial charge < -0.3 is 20.3 Å². The van der Waals surface area contributed by atoms with Gasteiger partial charge in [0.2, 0.25) is 0 Å². The lowest BCUT2D eigenvalue weighted by atomic mass is 9.97. The van der Waals surface area contributed by atoms with Gasteiger partial charge in [-0.05, 0) is 56.2 Å². The highest BCUT2D eigenvalue weighted by Gasteiger charge is 2.24. The molecule has 0 unspecified atom stereocenters. The van der Waals surface area contributed by atoms with Gasteiger partial charge >= 0.3 is 6.09 Å². The Morgan fingerprint density at radius 2 is 1.82 bits per heavy atom. The number of hydrogen-bond acceptors (Lipinski definition) is 5. The second kappa shape index (κ2) is 12.2. The average molecular weight is 453 g/mol. The monoisotopic (exact) mass is 452 g/mol. The highest BCUT2D eigenvalue weighted by Crippen LogP contribution is 2.18. The molecule has 0 saturated carbocycles. The van der Waals surface area contributed by atoms with Gasteiger partial charge in [-0.15, -0.1) is 0 Å². The largest absolute Gasteiger partial charge is 0.445 e. The van der Waals surface area contributed by atoms with Crippen LogP contribution in [-0.4, -0.2) is 47.6 Å². The molecule has 7 nitrogen and oxygen atoms in total. The molecule has 1 saturated heterocycles. The van der Waals surface area contributed by atoms with E-state index in [0.717, 1.165) is 37.1 Å². The van der Waals surface area contributed by atoms with Gasteiger partial charge in [0.1, 0.15) is 12.4 Å². The van der Waals surface area contributed by atoms with E-state index in [9.17, 15) is 9.59 Å². The van der Waals surface area contributed by atoms with Gasteiger partial charge in [-0.2, -0.15) is 0 Å². The first-order valence-electron chi connectivity index (χ1n) is 12.0. The first kappa shape index (κ1) is 24.6. The number of aromatic nitrogens is 1. The number of nitrogens with zero attached hydrogens (tertiary/aromatic N) is 2. The van der Waals surface area contributed by atoms with Gasteiger partial charge in [-0.25, -0.2) is 9.78 Å². The molecular weight excluding hydrogens is 416 g/mol. The number of hydrogen-bond donors (Lipinski definition) is 2. The van der Waals surface area contributed by atoms with E-state index in [1.54, 1.807) is 23.2 Å². The Morgan fingerprint density at radius 3 is 2.48 bits per heavy atom. The Bertz CT molecular complexity index is 904. The van der Waals surface area contributed by atoms with Crippen LogP contribution in [-0.2, 0) is 11.3 Å². The number of anilines is 1. The maximum absolute atomic E-state index is 12.6. The molecule has 2 aromatic rings. The highest BCUT2D eigenvalue weighted by atomic mass is 16.6. The SMILES string of the molecule is CCC(CC)Nc1cc(C(=O)NCC2CCN(C(=O)OCc3ccc(C)cc3)CC2)ccn1. The Balaban J connectivity index is 1.39. The molecule has 3 rings (SSSR count). The lowest BCUT2D eigenvalue weighted by Crippen LogP contribution is -2.41. The molecule has 1 aromatic carbocycles. The molecule has 0 atom stereocenters. The van der Waals surface area contributed by atoms with E-state index in [4.69, 9.17) is 4.74 Å². The van der Waals surface area contributed by atoms with Crippen LogP contribution in [0.4, 0.5) is 10.6 Å². The molecule has 2 amide bonds. The normalized spacial score (nSPS) is 14.2. The summed E-state index contributed by atoms with van der Waals surface area (Å²) in [6, 6.07) is 11.9. The fourth-order valence-corrected chi connectivity index (χ4v) is 3.93. The molecule has 178 valence electrons. The zero-order valence-electron chi connectivity index (χ0n) is 20.0. The van der Waals surface area contributed by atoms with Crippen molar-refractivity contribution in [3.05, 3.63) is 59.3 Å². The van der Waals surface area contributed by atoms with E-state index in [1.165, 1.54) is 5.56 Å². The fraction of sp³-hybridized carbons (Fsp3) is 0.500. The molecule has 0 bridgehead atoms. The van der Waals surface area contributed by atoms with Crippen molar-refractivity contribution in [1.29, 1.82) is 0 Å². The van der Waals surface area contributed by atoms with Crippen molar-refractivity contribution in [3.63, 3.8) is 0 Å². The number of aryl methyl sites for hydroxylation is 1. The van der Waals surface area contributed by atoms with E-state index >= 15 is 0 Å². The van der Waals surface area contributed by atoms with Crippen LogP contribution in [0.1, 0.15) is 61.0 Å². The molecule has 2 N–H and O–H groups in total. The number of rotatable bonds is 9. The van der Waals surface area contributed by atoms with Crippen molar-refractivity contribution in [2.24, 2.45) is 5.92 Å². The number of benzene rings is 1. The molecule has 0 spiro atoms. The van der Waals surface area contributed by atoms with Crippen molar-refractivity contribution in [2.45, 2.75) is 59.1 Å². The molecular formula is C26H36N4O3. The summed E-state index contributed by atoms with van der Waals surface area (Å²) in [6.07, 6.45) is 5.10. The van der Waals surface area contributed by atoms with E-state index in [2.05, 4.69) is 29.5 Å². The third-order valence-electron chi connectivity index (χ3n) is 6.27. The van der Waals surface area contributed by atoms with Crippen LogP contribution in [0.5, 0.6) is 0 Å². The van der Waals surface area contributed by atoms with Crippen molar-refractivity contribution >= 4 is 17.8 Å². The van der Waals surface area contributed by atoms with Gasteiger partial charge in [-0.1, -0.05) is 43.7 Å². The molecule has 0 radical (unpaired) electrons. The summed E-state index contributed by atoms with van der Waals surface area (Å²) >= 11 is 0. The van der Waals surface area contributed by atoms with Gasteiger partial charge in [-0.3, -0.25) is 4.79 Å². The second-order valence-electron chi connectivity index (χ2n) is 8.77. The molecule has 1 aromatic heterocycles. The van der Waals surface area contributed by atoms with Gasteiger partial charge in [0.25, 0.3) is 5.91 Å². The zero-order valence-corrected chi connectivity index (χ0v) is 20.0. The fourth-order valence-electron chi connectivity index (χ4n) is 3.93. The van der Waals surface area contributed by atoms with Gasteiger partial charge in [0.05, 0.1) is 0 Å². The smallest absolute Gasteiger partial charge is 0.410 e. The average Bonchev–Trinajstić information content (AvgIpc) is 2.85. The Labute approximate surface area is 196 Å². The topological polar surface area (TPSA) is 83.6 Å². The van der Waals surface area contributed by atoms with Crippen LogP contribution in [0.25, 0.3) is 0 Å². The van der Waals surface area contributed by atoms with Crippen molar-refractivity contribution in [3.8, 4) is 0 Å². The van der Waals surface area contributed by atoms with Crippen LogP contribution in [0, 0.1) is 12.8 Å². The maximum atomic E-state index is 12.6. The summed E-state index contributed by atoms with van der Waals surface area (Å²) in [5.74, 6) is 0.984. The summed E-state index contributed by atoms with van der Waals surface area (Å²) < 4.78 is 5.46. The van der Waals surface area contributed by atoms with Crippen LogP contribution in [0.2, 0.25) is 0 Å². The van der Waals surface area contributed by atoms with Crippen LogP contribution in [0.3, 0.4) is 0 Å². The molecule has 1 aliphatic heterocycles. The number of piperidine rings is 1. The first-order valence-corrected chi connectivity index (χ1v) is 12.0.